The molecular formula is C28H17Cl2N. The van der Waals surface area contributed by atoms with Crippen molar-refractivity contribution in [1.29, 1.82) is 0 Å². The van der Waals surface area contributed by atoms with Gasteiger partial charge in [-0.2, -0.15) is 0 Å². The fourth-order valence-corrected chi connectivity index (χ4v) is 4.81. The predicted octanol–water partition coefficient (Wildman–Crippen LogP) is 9.26. The molecule has 0 saturated carbocycles. The van der Waals surface area contributed by atoms with Crippen molar-refractivity contribution in [1.82, 2.24) is 0 Å². The molecule has 0 aliphatic heterocycles. The Morgan fingerprint density at radius 3 is 1.61 bits per heavy atom. The summed E-state index contributed by atoms with van der Waals surface area (Å²) < 4.78 is 0. The van der Waals surface area contributed by atoms with Crippen LogP contribution in [-0.4, -0.2) is 0 Å². The Kier molecular flexibility index (Phi) is 4.27. The molecule has 0 unspecified atom stereocenters. The Morgan fingerprint density at radius 1 is 0.452 bits per heavy atom. The Bertz CT molecular complexity index is 1390. The molecule has 0 spiro atoms. The van der Waals surface area contributed by atoms with Gasteiger partial charge in [-0.15, -0.1) is 0 Å². The fraction of sp³-hybridized carbons (Fsp3) is 0. The van der Waals surface area contributed by atoms with Crippen LogP contribution in [0.25, 0.3) is 33.0 Å². The van der Waals surface area contributed by atoms with E-state index in [1.807, 2.05) is 48.5 Å². The molecule has 0 atom stereocenters. The van der Waals surface area contributed by atoms with Crippen molar-refractivity contribution in [3.63, 3.8) is 0 Å². The van der Waals surface area contributed by atoms with E-state index >= 15 is 0 Å². The van der Waals surface area contributed by atoms with Crippen LogP contribution < -0.4 is 4.90 Å². The SMILES string of the molecule is Clc1ccc(N(c2ccc(Cl)cc2)c2cc3c4c(cccc4c2)-c2ccccc2-3)cc1. The lowest BCUT2D eigenvalue weighted by molar-refractivity contribution is 1.29. The first-order valence-corrected chi connectivity index (χ1v) is 10.9. The average Bonchev–Trinajstić information content (AvgIpc) is 3.12. The van der Waals surface area contributed by atoms with E-state index in [0.717, 1.165) is 27.1 Å². The first-order valence-electron chi connectivity index (χ1n) is 10.2. The predicted molar refractivity (Wildman–Crippen MR) is 133 cm³/mol. The lowest BCUT2D eigenvalue weighted by Crippen LogP contribution is -2.10. The van der Waals surface area contributed by atoms with Crippen LogP contribution in [0.15, 0.2) is 103 Å². The van der Waals surface area contributed by atoms with E-state index < -0.39 is 0 Å². The standard InChI is InChI=1S/C28H17Cl2N/c29-19-8-12-21(13-9-19)31(22-14-10-20(30)11-15-22)23-16-18-4-3-7-26-24-5-1-2-6-25(24)27(17-23)28(18)26/h1-17H. The second-order valence-corrected chi connectivity index (χ2v) is 8.60. The largest absolute Gasteiger partial charge is 0.310 e. The summed E-state index contributed by atoms with van der Waals surface area (Å²) in [6, 6.07) is 35.6. The molecule has 0 saturated heterocycles. The molecule has 0 amide bonds. The van der Waals surface area contributed by atoms with E-state index in [4.69, 9.17) is 23.2 Å². The van der Waals surface area contributed by atoms with Gasteiger partial charge in [0.2, 0.25) is 0 Å². The number of hydrogen-bond donors (Lipinski definition) is 0. The number of halogens is 2. The molecule has 3 heteroatoms. The summed E-state index contributed by atoms with van der Waals surface area (Å²) in [5, 5.41) is 3.99. The lowest BCUT2D eigenvalue weighted by Gasteiger charge is -2.26. The van der Waals surface area contributed by atoms with Gasteiger partial charge in [0.05, 0.1) is 0 Å². The number of nitrogens with zero attached hydrogens (tertiary/aromatic N) is 1. The summed E-state index contributed by atoms with van der Waals surface area (Å²) in [6.45, 7) is 0. The lowest BCUT2D eigenvalue weighted by atomic mass is 10.0. The highest BCUT2D eigenvalue weighted by Gasteiger charge is 2.23. The maximum Gasteiger partial charge on any atom is 0.0474 e. The highest BCUT2D eigenvalue weighted by Crippen LogP contribution is 2.49. The third-order valence-corrected chi connectivity index (χ3v) is 6.40. The molecule has 0 N–H and O–H groups in total. The number of benzene rings is 5. The summed E-state index contributed by atoms with van der Waals surface area (Å²) in [5.74, 6) is 0. The zero-order valence-corrected chi connectivity index (χ0v) is 18.0. The van der Waals surface area contributed by atoms with Crippen LogP contribution in [0.4, 0.5) is 17.1 Å². The van der Waals surface area contributed by atoms with Crippen LogP contribution in [0.1, 0.15) is 0 Å². The fourth-order valence-electron chi connectivity index (χ4n) is 4.56. The summed E-state index contributed by atoms with van der Waals surface area (Å²) in [4.78, 5) is 2.25. The molecule has 0 fully saturated rings. The Labute approximate surface area is 191 Å². The monoisotopic (exact) mass is 437 g/mol. The molecule has 1 aliphatic carbocycles. The third-order valence-electron chi connectivity index (χ3n) is 5.90. The minimum Gasteiger partial charge on any atom is -0.310 e. The number of fused-ring (bicyclic) bond motifs is 3. The molecule has 1 nitrogen and oxygen atoms in total. The van der Waals surface area contributed by atoms with E-state index in [1.54, 1.807) is 0 Å². The third kappa shape index (κ3) is 3.01. The van der Waals surface area contributed by atoms with Crippen LogP contribution in [0.3, 0.4) is 0 Å². The molecule has 148 valence electrons. The van der Waals surface area contributed by atoms with E-state index in [0.29, 0.717) is 0 Å². The topological polar surface area (TPSA) is 3.24 Å². The van der Waals surface area contributed by atoms with E-state index in [2.05, 4.69) is 59.5 Å². The smallest absolute Gasteiger partial charge is 0.0474 e. The van der Waals surface area contributed by atoms with Crippen molar-refractivity contribution in [2.24, 2.45) is 0 Å². The molecule has 0 bridgehead atoms. The maximum atomic E-state index is 6.18. The number of rotatable bonds is 3. The molecule has 0 heterocycles. The first kappa shape index (κ1) is 18.5. The second-order valence-electron chi connectivity index (χ2n) is 7.73. The van der Waals surface area contributed by atoms with Gasteiger partial charge in [-0.3, -0.25) is 0 Å². The van der Waals surface area contributed by atoms with Crippen molar-refractivity contribution in [2.45, 2.75) is 0 Å². The van der Waals surface area contributed by atoms with E-state index in [9.17, 15) is 0 Å². The van der Waals surface area contributed by atoms with Crippen LogP contribution in [0, 0.1) is 0 Å². The van der Waals surface area contributed by atoms with Crippen molar-refractivity contribution >= 4 is 51.0 Å². The van der Waals surface area contributed by atoms with Gasteiger partial charge >= 0.3 is 0 Å². The van der Waals surface area contributed by atoms with Crippen LogP contribution in [0.5, 0.6) is 0 Å². The Hall–Kier alpha value is -3.26. The van der Waals surface area contributed by atoms with Crippen molar-refractivity contribution in [3.8, 4) is 22.3 Å². The van der Waals surface area contributed by atoms with Gasteiger partial charge in [0.15, 0.2) is 0 Å². The second kappa shape index (κ2) is 7.16. The van der Waals surface area contributed by atoms with Gasteiger partial charge in [0, 0.05) is 27.1 Å². The Morgan fingerprint density at radius 2 is 1.00 bits per heavy atom. The Balaban J connectivity index is 1.63. The molecular weight excluding hydrogens is 421 g/mol. The summed E-state index contributed by atoms with van der Waals surface area (Å²) in [6.07, 6.45) is 0. The summed E-state index contributed by atoms with van der Waals surface area (Å²) in [7, 11) is 0. The number of anilines is 3. The molecule has 6 rings (SSSR count). The zero-order chi connectivity index (χ0) is 20.9. The minimum atomic E-state index is 0.718. The molecule has 31 heavy (non-hydrogen) atoms. The normalized spacial score (nSPS) is 11.5. The van der Waals surface area contributed by atoms with Crippen molar-refractivity contribution < 1.29 is 0 Å². The molecule has 1 aliphatic rings. The molecule has 5 aromatic rings. The molecule has 0 aromatic heterocycles. The van der Waals surface area contributed by atoms with Gasteiger partial charge < -0.3 is 4.90 Å². The van der Waals surface area contributed by atoms with Crippen molar-refractivity contribution in [3.05, 3.63) is 113 Å². The van der Waals surface area contributed by atoms with Crippen LogP contribution in [0.2, 0.25) is 10.0 Å². The van der Waals surface area contributed by atoms with Gasteiger partial charge in [-0.1, -0.05) is 65.7 Å². The molecule has 5 aromatic carbocycles. The highest BCUT2D eigenvalue weighted by atomic mass is 35.5. The molecule has 0 radical (unpaired) electrons. The maximum absolute atomic E-state index is 6.18. The number of hydrogen-bond acceptors (Lipinski definition) is 1. The quantitative estimate of drug-likeness (QED) is 0.266. The summed E-state index contributed by atoms with van der Waals surface area (Å²) in [5.41, 5.74) is 8.33. The van der Waals surface area contributed by atoms with Gasteiger partial charge in [-0.25, -0.2) is 0 Å². The first-order chi connectivity index (χ1) is 15.2. The van der Waals surface area contributed by atoms with Gasteiger partial charge in [0.1, 0.15) is 0 Å². The van der Waals surface area contributed by atoms with Gasteiger partial charge in [0.25, 0.3) is 0 Å². The van der Waals surface area contributed by atoms with Crippen LogP contribution >= 0.6 is 23.2 Å². The zero-order valence-electron chi connectivity index (χ0n) is 16.5. The minimum absolute atomic E-state index is 0.718. The van der Waals surface area contributed by atoms with Gasteiger partial charge in [-0.05, 0) is 93.7 Å². The van der Waals surface area contributed by atoms with E-state index in [1.165, 1.54) is 33.0 Å². The van der Waals surface area contributed by atoms with Crippen molar-refractivity contribution in [2.75, 3.05) is 4.90 Å². The van der Waals surface area contributed by atoms with E-state index in [-0.39, 0.29) is 0 Å². The highest BCUT2D eigenvalue weighted by molar-refractivity contribution is 6.31. The average molecular weight is 438 g/mol. The van der Waals surface area contributed by atoms with Crippen LogP contribution in [-0.2, 0) is 0 Å². The summed E-state index contributed by atoms with van der Waals surface area (Å²) >= 11 is 12.4.